The molecule has 1 atom stereocenters. The molecule has 2 aromatic heterocycles. The van der Waals surface area contributed by atoms with Crippen molar-refractivity contribution in [1.82, 2.24) is 14.3 Å². The lowest BCUT2D eigenvalue weighted by Crippen LogP contribution is -2.35. The maximum Gasteiger partial charge on any atom is 0.359 e. The van der Waals surface area contributed by atoms with E-state index in [1.807, 2.05) is 0 Å². The summed E-state index contributed by atoms with van der Waals surface area (Å²) in [6.45, 7) is 1.51. The summed E-state index contributed by atoms with van der Waals surface area (Å²) in [4.78, 5) is 29.7. The highest BCUT2D eigenvalue weighted by Gasteiger charge is 2.25. The number of fused-ring (bicyclic) bond motifs is 1. The van der Waals surface area contributed by atoms with Crippen LogP contribution in [0.1, 0.15) is 17.4 Å². The van der Waals surface area contributed by atoms with Crippen LogP contribution in [0.5, 0.6) is 0 Å². The molecule has 0 saturated carbocycles. The average molecular weight is 302 g/mol. The molecule has 2 heterocycles. The molecule has 0 aliphatic carbocycles. The third-order valence-electron chi connectivity index (χ3n) is 2.49. The molecule has 0 fully saturated rings. The molecule has 0 spiro atoms. The number of imidazole rings is 1. The van der Waals surface area contributed by atoms with Crippen molar-refractivity contribution in [3.63, 3.8) is 0 Å². The third-order valence-corrected chi connectivity index (χ3v) is 3.51. The fraction of sp³-hybridized carbons (Fsp3) is 0.364. The Kier molecular flexibility index (Phi) is 3.77. The van der Waals surface area contributed by atoms with Crippen molar-refractivity contribution in [2.24, 2.45) is 0 Å². The SMILES string of the molecule is C[C@H](OC(=O)c1c(Cl)nc2sccn12)C(=O)N(C)C. The lowest BCUT2D eigenvalue weighted by atomic mass is 10.3. The number of hydrogen-bond acceptors (Lipinski definition) is 5. The molecule has 0 aliphatic heterocycles. The molecule has 0 aromatic carbocycles. The molecular formula is C11H12ClN3O3S. The van der Waals surface area contributed by atoms with Crippen LogP contribution in [0.25, 0.3) is 4.96 Å². The molecule has 102 valence electrons. The van der Waals surface area contributed by atoms with Crippen LogP contribution in [0, 0.1) is 0 Å². The summed E-state index contributed by atoms with van der Waals surface area (Å²) in [5.74, 6) is -0.964. The van der Waals surface area contributed by atoms with E-state index in [4.69, 9.17) is 16.3 Å². The molecular weight excluding hydrogens is 290 g/mol. The van der Waals surface area contributed by atoms with Gasteiger partial charge in [-0.15, -0.1) is 11.3 Å². The van der Waals surface area contributed by atoms with Crippen LogP contribution < -0.4 is 0 Å². The third kappa shape index (κ3) is 2.57. The van der Waals surface area contributed by atoms with Gasteiger partial charge in [0.05, 0.1) is 0 Å². The summed E-state index contributed by atoms with van der Waals surface area (Å²) < 4.78 is 6.65. The standard InChI is InChI=1S/C11H12ClN3O3S/c1-6(9(16)14(2)3)18-10(17)7-8(12)13-11-15(7)4-5-19-11/h4-6H,1-3H3/t6-/m0/s1. The normalized spacial score (nSPS) is 12.4. The Morgan fingerprint density at radius 3 is 2.84 bits per heavy atom. The number of ether oxygens (including phenoxy) is 1. The van der Waals surface area contributed by atoms with Gasteiger partial charge in [0.25, 0.3) is 5.91 Å². The maximum atomic E-state index is 12.0. The van der Waals surface area contributed by atoms with Gasteiger partial charge in [-0.25, -0.2) is 9.78 Å². The summed E-state index contributed by atoms with van der Waals surface area (Å²) in [6.07, 6.45) is 0.802. The molecule has 0 radical (unpaired) electrons. The Labute approximate surface area is 118 Å². The summed E-state index contributed by atoms with van der Waals surface area (Å²) >= 11 is 7.26. The molecule has 0 saturated heterocycles. The summed E-state index contributed by atoms with van der Waals surface area (Å²) in [7, 11) is 3.19. The average Bonchev–Trinajstić information content (AvgIpc) is 2.86. The zero-order valence-electron chi connectivity index (χ0n) is 10.6. The molecule has 6 nitrogen and oxygen atoms in total. The number of esters is 1. The van der Waals surface area contributed by atoms with E-state index >= 15 is 0 Å². The van der Waals surface area contributed by atoms with Gasteiger partial charge < -0.3 is 9.64 Å². The van der Waals surface area contributed by atoms with E-state index in [0.29, 0.717) is 4.96 Å². The molecule has 8 heteroatoms. The number of rotatable bonds is 3. The van der Waals surface area contributed by atoms with Crippen molar-refractivity contribution in [1.29, 1.82) is 0 Å². The number of amides is 1. The summed E-state index contributed by atoms with van der Waals surface area (Å²) in [6, 6.07) is 0. The van der Waals surface area contributed by atoms with Gasteiger partial charge in [-0.3, -0.25) is 9.20 Å². The van der Waals surface area contributed by atoms with Gasteiger partial charge in [0.2, 0.25) is 0 Å². The second-order valence-electron chi connectivity index (χ2n) is 4.09. The van der Waals surface area contributed by atoms with Gasteiger partial charge in [0, 0.05) is 25.7 Å². The second-order valence-corrected chi connectivity index (χ2v) is 5.32. The van der Waals surface area contributed by atoms with Gasteiger partial charge in [0.15, 0.2) is 21.9 Å². The Hall–Kier alpha value is -1.60. The number of nitrogens with zero attached hydrogens (tertiary/aromatic N) is 3. The van der Waals surface area contributed by atoms with Crippen LogP contribution in [0.2, 0.25) is 5.15 Å². The molecule has 0 N–H and O–H groups in total. The van der Waals surface area contributed by atoms with Crippen molar-refractivity contribution in [3.05, 3.63) is 22.4 Å². The van der Waals surface area contributed by atoms with Gasteiger partial charge in [-0.2, -0.15) is 0 Å². The maximum absolute atomic E-state index is 12.0. The zero-order chi connectivity index (χ0) is 14.2. The molecule has 0 unspecified atom stereocenters. The number of carbonyl (C=O) groups is 2. The highest BCUT2D eigenvalue weighted by molar-refractivity contribution is 7.15. The molecule has 2 aromatic rings. The first-order valence-corrected chi connectivity index (χ1v) is 6.70. The molecule has 0 bridgehead atoms. The van der Waals surface area contributed by atoms with Gasteiger partial charge in [-0.05, 0) is 6.92 Å². The highest BCUT2D eigenvalue weighted by atomic mass is 35.5. The van der Waals surface area contributed by atoms with Crippen LogP contribution in [-0.4, -0.2) is 46.4 Å². The van der Waals surface area contributed by atoms with Crippen LogP contribution >= 0.6 is 22.9 Å². The van der Waals surface area contributed by atoms with E-state index in [-0.39, 0.29) is 16.8 Å². The highest BCUT2D eigenvalue weighted by Crippen LogP contribution is 2.22. The van der Waals surface area contributed by atoms with E-state index in [2.05, 4.69) is 4.98 Å². The van der Waals surface area contributed by atoms with Gasteiger partial charge >= 0.3 is 5.97 Å². The largest absolute Gasteiger partial charge is 0.448 e. The van der Waals surface area contributed by atoms with E-state index in [1.54, 1.807) is 30.1 Å². The number of aromatic nitrogens is 2. The number of hydrogen-bond donors (Lipinski definition) is 0. The monoisotopic (exact) mass is 301 g/mol. The minimum Gasteiger partial charge on any atom is -0.448 e. The second kappa shape index (κ2) is 5.18. The minimum absolute atomic E-state index is 0.0707. The van der Waals surface area contributed by atoms with Crippen LogP contribution in [0.4, 0.5) is 0 Å². The van der Waals surface area contributed by atoms with Crippen LogP contribution in [-0.2, 0) is 9.53 Å². The zero-order valence-corrected chi connectivity index (χ0v) is 12.2. The fourth-order valence-corrected chi connectivity index (χ4v) is 2.58. The van der Waals surface area contributed by atoms with E-state index < -0.39 is 12.1 Å². The topological polar surface area (TPSA) is 63.9 Å². The summed E-state index contributed by atoms with van der Waals surface area (Å²) in [5.41, 5.74) is 0.135. The number of thiazole rings is 1. The molecule has 0 aliphatic rings. The van der Waals surface area contributed by atoms with E-state index in [1.165, 1.54) is 23.2 Å². The Morgan fingerprint density at radius 1 is 1.53 bits per heavy atom. The van der Waals surface area contributed by atoms with E-state index in [0.717, 1.165) is 0 Å². The number of likely N-dealkylation sites (N-methyl/N-ethyl adjacent to an activating group) is 1. The fourth-order valence-electron chi connectivity index (χ4n) is 1.57. The predicted octanol–water partition coefficient (Wildman–Crippen LogP) is 1.68. The quantitative estimate of drug-likeness (QED) is 0.809. The van der Waals surface area contributed by atoms with Crippen molar-refractivity contribution in [2.75, 3.05) is 14.1 Å². The lowest BCUT2D eigenvalue weighted by molar-refractivity contribution is -0.137. The minimum atomic E-state index is -0.872. The Balaban J connectivity index is 2.23. The Bertz CT molecular complexity index is 634. The van der Waals surface area contributed by atoms with Gasteiger partial charge in [0.1, 0.15) is 0 Å². The smallest absolute Gasteiger partial charge is 0.359 e. The van der Waals surface area contributed by atoms with Crippen molar-refractivity contribution >= 4 is 39.8 Å². The number of halogens is 1. The molecule has 1 amide bonds. The molecule has 19 heavy (non-hydrogen) atoms. The van der Waals surface area contributed by atoms with Gasteiger partial charge in [-0.1, -0.05) is 11.6 Å². The van der Waals surface area contributed by atoms with Crippen LogP contribution in [0.15, 0.2) is 11.6 Å². The summed E-state index contributed by atoms with van der Waals surface area (Å²) in [5, 5.41) is 1.85. The first kappa shape index (κ1) is 13.8. The number of carbonyl (C=O) groups excluding carboxylic acids is 2. The van der Waals surface area contributed by atoms with Crippen molar-refractivity contribution in [2.45, 2.75) is 13.0 Å². The van der Waals surface area contributed by atoms with Crippen LogP contribution in [0.3, 0.4) is 0 Å². The van der Waals surface area contributed by atoms with Crippen molar-refractivity contribution < 1.29 is 14.3 Å². The first-order chi connectivity index (χ1) is 8.91. The first-order valence-electron chi connectivity index (χ1n) is 5.45. The van der Waals surface area contributed by atoms with Crippen molar-refractivity contribution in [3.8, 4) is 0 Å². The molecule has 2 rings (SSSR count). The Morgan fingerprint density at radius 2 is 2.21 bits per heavy atom. The predicted molar refractivity (Wildman–Crippen MR) is 71.7 cm³/mol. The van der Waals surface area contributed by atoms with E-state index in [9.17, 15) is 9.59 Å². The lowest BCUT2D eigenvalue weighted by Gasteiger charge is -2.16.